The van der Waals surface area contributed by atoms with Crippen molar-refractivity contribution in [3.8, 4) is 17.1 Å². The molecule has 0 atom stereocenters. The number of anilines is 2. The number of fused-ring (bicyclic) bond motifs is 4. The molecule has 1 saturated heterocycles. The minimum Gasteiger partial charge on any atom is -0.495 e. The highest BCUT2D eigenvalue weighted by molar-refractivity contribution is 7.92. The van der Waals surface area contributed by atoms with Crippen LogP contribution < -0.4 is 14.4 Å². The van der Waals surface area contributed by atoms with Crippen LogP contribution in [0, 0.1) is 12.7 Å². The molecule has 34 heavy (non-hydrogen) atoms. The van der Waals surface area contributed by atoms with E-state index in [1.807, 2.05) is 6.07 Å². The first-order valence-corrected chi connectivity index (χ1v) is 12.6. The molecule has 3 aromatic rings. The summed E-state index contributed by atoms with van der Waals surface area (Å²) in [5, 5.41) is 13.7. The third-order valence-electron chi connectivity index (χ3n) is 7.18. The number of benzene rings is 2. The highest BCUT2D eigenvalue weighted by Crippen LogP contribution is 2.58. The molecule has 1 aromatic heterocycles. The fraction of sp³-hybridized carbons (Fsp3) is 0.375. The van der Waals surface area contributed by atoms with Gasteiger partial charge in [0.1, 0.15) is 11.6 Å². The summed E-state index contributed by atoms with van der Waals surface area (Å²) in [4.78, 5) is 1.52. The Balaban J connectivity index is 1.41. The summed E-state index contributed by atoms with van der Waals surface area (Å²) < 4.78 is 54.6. The number of aliphatic hydroxyl groups excluding tert-OH is 1. The number of halogens is 1. The predicted octanol–water partition coefficient (Wildman–Crippen LogP) is 3.37. The lowest BCUT2D eigenvalue weighted by molar-refractivity contribution is 0.142. The molecule has 1 saturated carbocycles. The second-order valence-corrected chi connectivity index (χ2v) is 11.0. The number of hydrogen-bond acceptors (Lipinski definition) is 7. The number of nitrogens with one attached hydrogen (secondary N) is 1. The molecule has 2 aromatic carbocycles. The molecule has 0 bridgehead atoms. The second-order valence-electron chi connectivity index (χ2n) is 9.42. The molecular formula is C24H24FN3O5S. The lowest BCUT2D eigenvalue weighted by Gasteiger charge is -2.38. The van der Waals surface area contributed by atoms with Crippen molar-refractivity contribution in [2.45, 2.75) is 42.6 Å². The molecule has 0 amide bonds. The summed E-state index contributed by atoms with van der Waals surface area (Å²) in [6.45, 7) is 2.64. The number of aryl methyl sites for hydroxylation is 1. The summed E-state index contributed by atoms with van der Waals surface area (Å²) in [5.74, 6) is -0.363. The summed E-state index contributed by atoms with van der Waals surface area (Å²) in [7, 11) is -3.04. The number of nitrogens with zero attached hydrogens (tertiary/aromatic N) is 2. The molecule has 2 N–H and O–H groups in total. The first kappa shape index (κ1) is 21.4. The van der Waals surface area contributed by atoms with E-state index in [1.165, 1.54) is 31.7 Å². The maximum absolute atomic E-state index is 14.9. The Kier molecular flexibility index (Phi) is 4.53. The number of aromatic nitrogens is 1. The Morgan fingerprint density at radius 1 is 1.26 bits per heavy atom. The average molecular weight is 486 g/mol. The monoisotopic (exact) mass is 485 g/mol. The molecular weight excluding hydrogens is 461 g/mol. The molecule has 2 aliphatic carbocycles. The van der Waals surface area contributed by atoms with Crippen LogP contribution in [-0.4, -0.2) is 45.0 Å². The number of β-amino-alcohol motifs (C(OH)–C–C–N with tert-alkyl or cyclic N) is 1. The van der Waals surface area contributed by atoms with Crippen molar-refractivity contribution in [2.75, 3.05) is 29.8 Å². The van der Waals surface area contributed by atoms with E-state index in [1.54, 1.807) is 0 Å². The zero-order valence-electron chi connectivity index (χ0n) is 18.8. The SMILES string of the molecule is COc1ccc(C)c(F)c1S(=O)(=O)Nc1noc2c1CC1(CC1)c1ccc(N3CC(O)C3)cc1-2. The Bertz CT molecular complexity index is 1420. The molecule has 3 aliphatic rings. The molecule has 2 heterocycles. The average Bonchev–Trinajstić information content (AvgIpc) is 3.45. The Hall–Kier alpha value is -3.11. The maximum Gasteiger partial charge on any atom is 0.269 e. The van der Waals surface area contributed by atoms with Gasteiger partial charge in [-0.2, -0.15) is 0 Å². The van der Waals surface area contributed by atoms with Crippen molar-refractivity contribution in [2.24, 2.45) is 0 Å². The van der Waals surface area contributed by atoms with E-state index in [0.717, 1.165) is 24.1 Å². The second kappa shape index (κ2) is 7.19. The molecule has 0 unspecified atom stereocenters. The minimum atomic E-state index is -4.34. The van der Waals surface area contributed by atoms with Gasteiger partial charge in [0.2, 0.25) is 0 Å². The van der Waals surface area contributed by atoms with E-state index < -0.39 is 20.7 Å². The number of rotatable bonds is 5. The Morgan fingerprint density at radius 2 is 2.03 bits per heavy atom. The van der Waals surface area contributed by atoms with E-state index in [0.29, 0.717) is 30.8 Å². The van der Waals surface area contributed by atoms with Crippen LogP contribution in [-0.2, 0) is 21.9 Å². The smallest absolute Gasteiger partial charge is 0.269 e. The topological polar surface area (TPSA) is 105 Å². The molecule has 1 aliphatic heterocycles. The fourth-order valence-electron chi connectivity index (χ4n) is 5.07. The van der Waals surface area contributed by atoms with Gasteiger partial charge in [0.05, 0.1) is 13.2 Å². The Labute approximate surface area is 196 Å². The zero-order chi connectivity index (χ0) is 23.8. The number of aliphatic hydroxyl groups is 1. The zero-order valence-corrected chi connectivity index (χ0v) is 19.6. The normalized spacial score (nSPS) is 18.3. The van der Waals surface area contributed by atoms with Gasteiger partial charge < -0.3 is 19.3 Å². The standard InChI is InChI=1S/C24H24FN3O5S/c1-13-3-6-19(32-2)22(20(13)25)34(30,31)27-23-17-10-24(7-8-24)18-5-4-14(28-11-15(29)12-28)9-16(18)21(17)33-26-23/h3-6,9,15,29H,7-8,10-12H2,1-2H3,(H,26,27). The summed E-state index contributed by atoms with van der Waals surface area (Å²) in [6, 6.07) is 9.07. The molecule has 0 radical (unpaired) electrons. The fourth-order valence-corrected chi connectivity index (χ4v) is 6.40. The van der Waals surface area contributed by atoms with Gasteiger partial charge in [-0.05, 0) is 55.5 Å². The van der Waals surface area contributed by atoms with Crippen molar-refractivity contribution >= 4 is 21.5 Å². The number of sulfonamides is 1. The third kappa shape index (κ3) is 3.12. The van der Waals surface area contributed by atoms with E-state index >= 15 is 0 Å². The van der Waals surface area contributed by atoms with Crippen molar-refractivity contribution in [1.82, 2.24) is 5.16 Å². The van der Waals surface area contributed by atoms with Crippen molar-refractivity contribution in [3.05, 3.63) is 52.8 Å². The summed E-state index contributed by atoms with van der Waals surface area (Å²) >= 11 is 0. The van der Waals surface area contributed by atoms with Crippen molar-refractivity contribution in [3.63, 3.8) is 0 Å². The number of methoxy groups -OCH3 is 1. The first-order valence-electron chi connectivity index (χ1n) is 11.1. The van der Waals surface area contributed by atoms with Gasteiger partial charge in [0.15, 0.2) is 16.5 Å². The maximum atomic E-state index is 14.9. The largest absolute Gasteiger partial charge is 0.495 e. The molecule has 8 nitrogen and oxygen atoms in total. The van der Waals surface area contributed by atoms with Crippen LogP contribution in [0.5, 0.6) is 5.75 Å². The number of ether oxygens (including phenoxy) is 1. The third-order valence-corrected chi connectivity index (χ3v) is 8.56. The lowest BCUT2D eigenvalue weighted by Crippen LogP contribution is -2.50. The van der Waals surface area contributed by atoms with Gasteiger partial charge in [-0.25, -0.2) is 12.8 Å². The number of hydrogen-bond donors (Lipinski definition) is 2. The van der Waals surface area contributed by atoms with E-state index in [2.05, 4.69) is 26.9 Å². The molecule has 10 heteroatoms. The van der Waals surface area contributed by atoms with Gasteiger partial charge in [-0.15, -0.1) is 0 Å². The van der Waals surface area contributed by atoms with E-state index in [4.69, 9.17) is 9.26 Å². The predicted molar refractivity (Wildman–Crippen MR) is 123 cm³/mol. The molecule has 1 spiro atoms. The van der Waals surface area contributed by atoms with Crippen LogP contribution in [0.2, 0.25) is 0 Å². The van der Waals surface area contributed by atoms with Crippen LogP contribution in [0.25, 0.3) is 11.3 Å². The van der Waals surface area contributed by atoms with Crippen LogP contribution in [0.3, 0.4) is 0 Å². The van der Waals surface area contributed by atoms with Crippen molar-refractivity contribution < 1.29 is 27.2 Å². The lowest BCUT2D eigenvalue weighted by atomic mass is 9.79. The van der Waals surface area contributed by atoms with Gasteiger partial charge in [0, 0.05) is 35.3 Å². The van der Waals surface area contributed by atoms with Gasteiger partial charge in [0.25, 0.3) is 10.0 Å². The summed E-state index contributed by atoms with van der Waals surface area (Å²) in [6.07, 6.45) is 2.23. The highest BCUT2D eigenvalue weighted by atomic mass is 32.2. The molecule has 6 rings (SSSR count). The van der Waals surface area contributed by atoms with Crippen LogP contribution in [0.4, 0.5) is 15.9 Å². The van der Waals surface area contributed by atoms with Crippen LogP contribution >= 0.6 is 0 Å². The van der Waals surface area contributed by atoms with Crippen LogP contribution in [0.15, 0.2) is 39.8 Å². The first-order chi connectivity index (χ1) is 16.2. The van der Waals surface area contributed by atoms with Gasteiger partial charge in [-0.3, -0.25) is 4.72 Å². The van der Waals surface area contributed by atoms with E-state index in [-0.39, 0.29) is 28.6 Å². The Morgan fingerprint density at radius 3 is 2.71 bits per heavy atom. The van der Waals surface area contributed by atoms with Crippen LogP contribution in [0.1, 0.15) is 29.5 Å². The van der Waals surface area contributed by atoms with Crippen molar-refractivity contribution in [1.29, 1.82) is 0 Å². The minimum absolute atomic E-state index is 0.0691. The van der Waals surface area contributed by atoms with Gasteiger partial charge >= 0.3 is 0 Å². The summed E-state index contributed by atoms with van der Waals surface area (Å²) in [5.41, 5.74) is 3.81. The highest BCUT2D eigenvalue weighted by Gasteiger charge is 2.51. The quantitative estimate of drug-likeness (QED) is 0.571. The molecule has 2 fully saturated rings. The van der Waals surface area contributed by atoms with Gasteiger partial charge in [-0.1, -0.05) is 17.3 Å². The van der Waals surface area contributed by atoms with E-state index in [9.17, 15) is 17.9 Å². The molecule has 178 valence electrons.